The van der Waals surface area contributed by atoms with Crippen LogP contribution in [0.4, 0.5) is 0 Å². The van der Waals surface area contributed by atoms with Crippen LogP contribution in [0.25, 0.3) is 0 Å². The highest BCUT2D eigenvalue weighted by molar-refractivity contribution is 5.95. The van der Waals surface area contributed by atoms with Crippen molar-refractivity contribution >= 4 is 5.91 Å². The van der Waals surface area contributed by atoms with E-state index in [0.29, 0.717) is 25.1 Å². The van der Waals surface area contributed by atoms with Crippen molar-refractivity contribution in [3.05, 3.63) is 63.7 Å². The van der Waals surface area contributed by atoms with E-state index in [4.69, 9.17) is 9.84 Å². The smallest absolute Gasteiger partial charge is 0.251 e. The Morgan fingerprint density at radius 3 is 2.56 bits per heavy atom. The Morgan fingerprint density at radius 2 is 1.84 bits per heavy atom. The van der Waals surface area contributed by atoms with Gasteiger partial charge in [0, 0.05) is 43.8 Å². The standard InChI is InChI=1S/C27H38N2O3/c1-18-9-8-10-25(19(18)2)27(31)28-15-23-16-29(17-23)22(5)24-11-12-26(21(4)20(24)3)32-14-7-6-13-30/h8-12,22-23,30H,6-7,13-17H2,1-5H3,(H,28,31). The summed E-state index contributed by atoms with van der Waals surface area (Å²) in [7, 11) is 0. The molecule has 2 aromatic carbocycles. The highest BCUT2D eigenvalue weighted by atomic mass is 16.5. The third-order valence-electron chi connectivity index (χ3n) is 6.97. The summed E-state index contributed by atoms with van der Waals surface area (Å²) in [6, 6.07) is 10.5. The number of amides is 1. The van der Waals surface area contributed by atoms with Gasteiger partial charge in [-0.25, -0.2) is 0 Å². The zero-order valence-corrected chi connectivity index (χ0v) is 20.2. The lowest BCUT2D eigenvalue weighted by atomic mass is 9.91. The predicted octanol–water partition coefficient (Wildman–Crippen LogP) is 4.49. The number of aryl methyl sites for hydroxylation is 1. The minimum absolute atomic E-state index is 0.0266. The van der Waals surface area contributed by atoms with Crippen LogP contribution in [0.5, 0.6) is 5.75 Å². The van der Waals surface area contributed by atoms with E-state index >= 15 is 0 Å². The zero-order chi connectivity index (χ0) is 23.3. The highest BCUT2D eigenvalue weighted by Gasteiger charge is 2.32. The maximum absolute atomic E-state index is 12.6. The van der Waals surface area contributed by atoms with Gasteiger partial charge in [-0.3, -0.25) is 9.69 Å². The van der Waals surface area contributed by atoms with E-state index < -0.39 is 0 Å². The van der Waals surface area contributed by atoms with Gasteiger partial charge in [0.2, 0.25) is 0 Å². The molecule has 0 bridgehead atoms. The van der Waals surface area contributed by atoms with Crippen molar-refractivity contribution in [2.75, 3.05) is 32.8 Å². The molecule has 5 nitrogen and oxygen atoms in total. The van der Waals surface area contributed by atoms with E-state index in [2.05, 4.69) is 43.1 Å². The van der Waals surface area contributed by atoms with Crippen LogP contribution >= 0.6 is 0 Å². The number of nitrogens with one attached hydrogen (secondary N) is 1. The predicted molar refractivity (Wildman–Crippen MR) is 129 cm³/mol. The van der Waals surface area contributed by atoms with Gasteiger partial charge >= 0.3 is 0 Å². The molecule has 5 heteroatoms. The fourth-order valence-corrected chi connectivity index (χ4v) is 4.40. The normalized spacial score (nSPS) is 15.3. The van der Waals surface area contributed by atoms with Gasteiger partial charge in [-0.2, -0.15) is 0 Å². The first-order chi connectivity index (χ1) is 15.3. The molecule has 2 aromatic rings. The molecule has 2 N–H and O–H groups in total. The van der Waals surface area contributed by atoms with Crippen molar-refractivity contribution in [2.45, 2.75) is 53.5 Å². The molecule has 1 unspecified atom stereocenters. The number of carbonyl (C=O) groups excluding carboxylic acids is 1. The highest BCUT2D eigenvalue weighted by Crippen LogP contribution is 2.34. The number of likely N-dealkylation sites (tertiary alicyclic amines) is 1. The summed E-state index contributed by atoms with van der Waals surface area (Å²) in [5.74, 6) is 1.45. The van der Waals surface area contributed by atoms with Crippen molar-refractivity contribution < 1.29 is 14.6 Å². The second-order valence-corrected chi connectivity index (χ2v) is 9.14. The van der Waals surface area contributed by atoms with Crippen molar-refractivity contribution in [3.63, 3.8) is 0 Å². The molecule has 1 amide bonds. The Labute approximate surface area is 192 Å². The number of carbonyl (C=O) groups is 1. The molecule has 0 radical (unpaired) electrons. The number of aliphatic hydroxyl groups excluding tert-OH is 1. The molecule has 0 aliphatic carbocycles. The summed E-state index contributed by atoms with van der Waals surface area (Å²) in [5.41, 5.74) is 6.79. The topological polar surface area (TPSA) is 61.8 Å². The maximum atomic E-state index is 12.6. The van der Waals surface area contributed by atoms with Gasteiger partial charge in [-0.05, 0) is 87.4 Å². The van der Waals surface area contributed by atoms with Crippen LogP contribution in [0.1, 0.15) is 64.0 Å². The molecular formula is C27H38N2O3. The Balaban J connectivity index is 1.50. The number of rotatable bonds is 10. The molecule has 1 atom stereocenters. The lowest BCUT2D eigenvalue weighted by Crippen LogP contribution is -2.52. The molecule has 0 saturated carbocycles. The third-order valence-corrected chi connectivity index (χ3v) is 6.97. The van der Waals surface area contributed by atoms with Crippen LogP contribution in [0.2, 0.25) is 0 Å². The van der Waals surface area contributed by atoms with E-state index in [0.717, 1.165) is 48.4 Å². The number of hydrogen-bond acceptors (Lipinski definition) is 4. The monoisotopic (exact) mass is 438 g/mol. The van der Waals surface area contributed by atoms with Crippen molar-refractivity contribution in [1.29, 1.82) is 0 Å². The van der Waals surface area contributed by atoms with Crippen molar-refractivity contribution in [1.82, 2.24) is 10.2 Å². The third kappa shape index (κ3) is 5.51. The van der Waals surface area contributed by atoms with Crippen LogP contribution in [-0.4, -0.2) is 48.8 Å². The Bertz CT molecular complexity index is 935. The zero-order valence-electron chi connectivity index (χ0n) is 20.2. The summed E-state index contributed by atoms with van der Waals surface area (Å²) in [6.45, 7) is 14.1. The first-order valence-corrected chi connectivity index (χ1v) is 11.8. The van der Waals surface area contributed by atoms with Gasteiger partial charge in [0.1, 0.15) is 5.75 Å². The van der Waals surface area contributed by atoms with Crippen LogP contribution in [-0.2, 0) is 0 Å². The number of unbranched alkanes of at least 4 members (excludes halogenated alkanes) is 1. The second-order valence-electron chi connectivity index (χ2n) is 9.14. The average molecular weight is 439 g/mol. The molecule has 1 fully saturated rings. The molecule has 1 aliphatic rings. The summed E-state index contributed by atoms with van der Waals surface area (Å²) in [4.78, 5) is 15.0. The van der Waals surface area contributed by atoms with E-state index in [9.17, 15) is 4.79 Å². The molecule has 174 valence electrons. The average Bonchev–Trinajstić information content (AvgIpc) is 2.74. The van der Waals surface area contributed by atoms with Crippen molar-refractivity contribution in [3.8, 4) is 5.75 Å². The Hall–Kier alpha value is -2.37. The van der Waals surface area contributed by atoms with Gasteiger partial charge in [0.25, 0.3) is 5.91 Å². The van der Waals surface area contributed by atoms with Gasteiger partial charge in [-0.15, -0.1) is 0 Å². The van der Waals surface area contributed by atoms with Crippen LogP contribution in [0.3, 0.4) is 0 Å². The number of nitrogens with zero attached hydrogens (tertiary/aromatic N) is 1. The quantitative estimate of drug-likeness (QED) is 0.537. The van der Waals surface area contributed by atoms with E-state index in [1.807, 2.05) is 32.0 Å². The molecule has 0 aromatic heterocycles. The molecule has 1 aliphatic heterocycles. The summed E-state index contributed by atoms with van der Waals surface area (Å²) in [6.07, 6.45) is 1.64. The van der Waals surface area contributed by atoms with E-state index in [1.165, 1.54) is 16.7 Å². The summed E-state index contributed by atoms with van der Waals surface area (Å²) in [5, 5.41) is 12.0. The van der Waals surface area contributed by atoms with Crippen molar-refractivity contribution in [2.24, 2.45) is 5.92 Å². The minimum atomic E-state index is 0.0266. The fraction of sp³-hybridized carbons (Fsp3) is 0.519. The van der Waals surface area contributed by atoms with Gasteiger partial charge in [0.15, 0.2) is 0 Å². The number of benzene rings is 2. The molecule has 0 spiro atoms. The first kappa shape index (κ1) is 24.3. The summed E-state index contributed by atoms with van der Waals surface area (Å²) < 4.78 is 5.91. The summed E-state index contributed by atoms with van der Waals surface area (Å²) >= 11 is 0. The van der Waals surface area contributed by atoms with Gasteiger partial charge in [-0.1, -0.05) is 18.2 Å². The minimum Gasteiger partial charge on any atom is -0.493 e. The molecule has 3 rings (SSSR count). The van der Waals surface area contributed by atoms with Gasteiger partial charge < -0.3 is 15.2 Å². The SMILES string of the molecule is Cc1cccc(C(=O)NCC2CN(C(C)c3ccc(OCCCCO)c(C)c3C)C2)c1C. The molecule has 1 heterocycles. The van der Waals surface area contributed by atoms with E-state index in [-0.39, 0.29) is 12.5 Å². The first-order valence-electron chi connectivity index (χ1n) is 11.8. The Morgan fingerprint density at radius 1 is 1.09 bits per heavy atom. The number of ether oxygens (including phenoxy) is 1. The lowest BCUT2D eigenvalue weighted by molar-refractivity contribution is 0.0569. The Kier molecular flexibility index (Phi) is 8.32. The molecule has 1 saturated heterocycles. The number of hydrogen-bond donors (Lipinski definition) is 2. The number of aliphatic hydroxyl groups is 1. The lowest BCUT2D eigenvalue weighted by Gasteiger charge is -2.44. The molecular weight excluding hydrogens is 400 g/mol. The van der Waals surface area contributed by atoms with E-state index in [1.54, 1.807) is 0 Å². The maximum Gasteiger partial charge on any atom is 0.251 e. The fourth-order valence-electron chi connectivity index (χ4n) is 4.40. The second kappa shape index (κ2) is 11.0. The van der Waals surface area contributed by atoms with Crippen LogP contribution in [0.15, 0.2) is 30.3 Å². The van der Waals surface area contributed by atoms with Crippen LogP contribution in [0, 0.1) is 33.6 Å². The van der Waals surface area contributed by atoms with Crippen LogP contribution < -0.4 is 10.1 Å². The van der Waals surface area contributed by atoms with Gasteiger partial charge in [0.05, 0.1) is 6.61 Å². The molecule has 32 heavy (non-hydrogen) atoms. The largest absolute Gasteiger partial charge is 0.493 e.